The van der Waals surface area contributed by atoms with E-state index in [4.69, 9.17) is 0 Å². The average Bonchev–Trinajstić information content (AvgIpc) is 3.19. The van der Waals surface area contributed by atoms with Gasteiger partial charge in [0.2, 0.25) is 0 Å². The van der Waals surface area contributed by atoms with Crippen LogP contribution in [-0.4, -0.2) is 72.6 Å². The van der Waals surface area contributed by atoms with Gasteiger partial charge in [-0.25, -0.2) is 4.98 Å². The molecular weight excluding hydrogens is 406 g/mol. The number of anilines is 1. The fraction of sp³-hybridized carbons (Fsp3) is 0.536. The first-order valence-corrected chi connectivity index (χ1v) is 12.9. The summed E-state index contributed by atoms with van der Waals surface area (Å²) in [6.07, 6.45) is 7.15. The van der Waals surface area contributed by atoms with Crippen molar-refractivity contribution in [3.8, 4) is 11.3 Å². The maximum absolute atomic E-state index is 4.69. The number of piperidine rings is 1. The number of nitrogens with zero attached hydrogens (tertiary/aromatic N) is 4. The lowest BCUT2D eigenvalue weighted by atomic mass is 9.88. The molecule has 1 aromatic carbocycles. The molecule has 5 nitrogen and oxygen atoms in total. The Hall–Kier alpha value is -2.37. The van der Waals surface area contributed by atoms with Crippen LogP contribution in [0.2, 0.25) is 0 Å². The number of nitrogens with one attached hydrogen (secondary N) is 1. The molecule has 3 aromatic rings. The Labute approximate surface area is 198 Å². The van der Waals surface area contributed by atoms with Crippen molar-refractivity contribution < 1.29 is 0 Å². The van der Waals surface area contributed by atoms with Gasteiger partial charge in [0.1, 0.15) is 5.82 Å². The standard InChI is InChI=1S/C28H39N5/c1-4-5-12-32-13-9-22(10-14-32)23-6-7-26-25(19-23)21(2)28(30-26)24-8-11-29-27(20-24)33-17-15-31(3)16-18-33/h6-8,11,19-20,22,30H,4-5,9-10,12-18H2,1-3H3. The molecule has 176 valence electrons. The van der Waals surface area contributed by atoms with Crippen LogP contribution in [0.4, 0.5) is 5.82 Å². The van der Waals surface area contributed by atoms with Gasteiger partial charge >= 0.3 is 0 Å². The molecule has 0 amide bonds. The summed E-state index contributed by atoms with van der Waals surface area (Å²) in [5, 5.41) is 1.37. The predicted octanol–water partition coefficient (Wildman–Crippen LogP) is 5.27. The van der Waals surface area contributed by atoms with Crippen molar-refractivity contribution >= 4 is 16.7 Å². The number of benzene rings is 1. The predicted molar refractivity (Wildman–Crippen MR) is 139 cm³/mol. The molecule has 2 aliphatic rings. The van der Waals surface area contributed by atoms with E-state index in [1.54, 1.807) is 0 Å². The highest BCUT2D eigenvalue weighted by Crippen LogP contribution is 2.35. The molecule has 33 heavy (non-hydrogen) atoms. The zero-order chi connectivity index (χ0) is 22.8. The molecule has 0 aliphatic carbocycles. The molecule has 2 aromatic heterocycles. The fourth-order valence-electron chi connectivity index (χ4n) is 5.54. The highest BCUT2D eigenvalue weighted by molar-refractivity contribution is 5.91. The molecule has 0 atom stereocenters. The highest BCUT2D eigenvalue weighted by atomic mass is 15.3. The second-order valence-corrected chi connectivity index (χ2v) is 10.1. The number of piperazine rings is 1. The summed E-state index contributed by atoms with van der Waals surface area (Å²) in [6.45, 7) is 12.6. The van der Waals surface area contributed by atoms with E-state index in [9.17, 15) is 0 Å². The largest absolute Gasteiger partial charge is 0.354 e. The van der Waals surface area contributed by atoms with E-state index in [2.05, 4.69) is 75.9 Å². The lowest BCUT2D eigenvalue weighted by molar-refractivity contribution is 0.210. The second kappa shape index (κ2) is 9.86. The average molecular weight is 446 g/mol. The van der Waals surface area contributed by atoms with Gasteiger partial charge in [-0.2, -0.15) is 0 Å². The first-order valence-electron chi connectivity index (χ1n) is 12.9. The van der Waals surface area contributed by atoms with Gasteiger partial charge in [-0.15, -0.1) is 0 Å². The van der Waals surface area contributed by atoms with Gasteiger partial charge in [-0.3, -0.25) is 0 Å². The van der Waals surface area contributed by atoms with Gasteiger partial charge in [0, 0.05) is 54.5 Å². The molecule has 5 heteroatoms. The van der Waals surface area contributed by atoms with Crippen LogP contribution in [0.1, 0.15) is 49.7 Å². The van der Waals surface area contributed by atoms with E-state index in [0.717, 1.165) is 32.0 Å². The summed E-state index contributed by atoms with van der Waals surface area (Å²) in [6, 6.07) is 11.5. The number of rotatable bonds is 6. The normalized spacial score (nSPS) is 18.9. The molecule has 4 heterocycles. The van der Waals surface area contributed by atoms with Crippen LogP contribution in [0.5, 0.6) is 0 Å². The molecule has 0 spiro atoms. The number of aromatic amines is 1. The number of pyridine rings is 1. The molecule has 2 aliphatic heterocycles. The summed E-state index contributed by atoms with van der Waals surface area (Å²) in [7, 11) is 2.19. The van der Waals surface area contributed by atoms with Crippen LogP contribution >= 0.6 is 0 Å². The molecule has 2 fully saturated rings. The number of hydrogen-bond acceptors (Lipinski definition) is 4. The first-order chi connectivity index (χ1) is 16.1. The number of hydrogen-bond donors (Lipinski definition) is 1. The number of fused-ring (bicyclic) bond motifs is 1. The lowest BCUT2D eigenvalue weighted by Gasteiger charge is -2.33. The second-order valence-electron chi connectivity index (χ2n) is 10.1. The fourth-order valence-corrected chi connectivity index (χ4v) is 5.54. The summed E-state index contributed by atoms with van der Waals surface area (Å²) in [5.74, 6) is 1.78. The van der Waals surface area contributed by atoms with Gasteiger partial charge in [0.25, 0.3) is 0 Å². The van der Waals surface area contributed by atoms with Crippen molar-refractivity contribution in [1.82, 2.24) is 19.8 Å². The van der Waals surface area contributed by atoms with Crippen molar-refractivity contribution in [2.75, 3.05) is 57.8 Å². The maximum atomic E-state index is 4.69. The molecule has 5 rings (SSSR count). The highest BCUT2D eigenvalue weighted by Gasteiger charge is 2.22. The Kier molecular flexibility index (Phi) is 6.70. The van der Waals surface area contributed by atoms with Crippen molar-refractivity contribution in [1.29, 1.82) is 0 Å². The summed E-state index contributed by atoms with van der Waals surface area (Å²) in [4.78, 5) is 15.8. The Balaban J connectivity index is 1.36. The van der Waals surface area contributed by atoms with E-state index >= 15 is 0 Å². The maximum Gasteiger partial charge on any atom is 0.129 e. The van der Waals surface area contributed by atoms with Crippen LogP contribution in [0, 0.1) is 6.92 Å². The zero-order valence-electron chi connectivity index (χ0n) is 20.6. The van der Waals surface area contributed by atoms with Crippen LogP contribution in [-0.2, 0) is 0 Å². The Morgan fingerprint density at radius 2 is 1.79 bits per heavy atom. The third-order valence-electron chi connectivity index (χ3n) is 7.83. The first kappa shape index (κ1) is 22.4. The SMILES string of the molecule is CCCCN1CCC(c2ccc3[nH]c(-c4ccnc(N5CCN(C)CC5)c4)c(C)c3c2)CC1. The van der Waals surface area contributed by atoms with Crippen LogP contribution in [0.15, 0.2) is 36.5 Å². The summed E-state index contributed by atoms with van der Waals surface area (Å²) in [5.41, 5.74) is 6.57. The number of unbranched alkanes of at least 4 members (excludes halogenated alkanes) is 1. The molecule has 0 bridgehead atoms. The van der Waals surface area contributed by atoms with Crippen molar-refractivity contribution in [2.24, 2.45) is 0 Å². The van der Waals surface area contributed by atoms with Crippen LogP contribution in [0.3, 0.4) is 0 Å². The van der Waals surface area contributed by atoms with E-state index in [0.29, 0.717) is 5.92 Å². The molecule has 0 unspecified atom stereocenters. The van der Waals surface area contributed by atoms with Gasteiger partial charge in [-0.05, 0) is 94.2 Å². The number of aryl methyl sites for hydroxylation is 1. The monoisotopic (exact) mass is 445 g/mol. The Bertz CT molecular complexity index is 1070. The minimum atomic E-state index is 0.690. The number of likely N-dealkylation sites (N-methyl/N-ethyl adjacent to an activating group) is 1. The topological polar surface area (TPSA) is 38.4 Å². The van der Waals surface area contributed by atoms with E-state index < -0.39 is 0 Å². The number of H-pyrrole nitrogens is 1. The minimum absolute atomic E-state index is 0.690. The summed E-state index contributed by atoms with van der Waals surface area (Å²) < 4.78 is 0. The number of likely N-dealkylation sites (tertiary alicyclic amines) is 1. The molecular formula is C28H39N5. The van der Waals surface area contributed by atoms with E-state index in [1.807, 2.05) is 6.20 Å². The molecule has 0 radical (unpaired) electrons. The third kappa shape index (κ3) is 4.80. The van der Waals surface area contributed by atoms with E-state index in [-0.39, 0.29) is 0 Å². The van der Waals surface area contributed by atoms with Crippen molar-refractivity contribution in [3.63, 3.8) is 0 Å². The smallest absolute Gasteiger partial charge is 0.129 e. The van der Waals surface area contributed by atoms with Crippen LogP contribution in [0.25, 0.3) is 22.2 Å². The van der Waals surface area contributed by atoms with Crippen molar-refractivity contribution in [2.45, 2.75) is 45.4 Å². The van der Waals surface area contributed by atoms with Gasteiger partial charge in [-0.1, -0.05) is 19.4 Å². The molecule has 2 saturated heterocycles. The number of aromatic nitrogens is 2. The summed E-state index contributed by atoms with van der Waals surface area (Å²) >= 11 is 0. The Morgan fingerprint density at radius 1 is 1.00 bits per heavy atom. The van der Waals surface area contributed by atoms with E-state index in [1.165, 1.54) is 78.6 Å². The molecule has 1 N–H and O–H groups in total. The Morgan fingerprint density at radius 3 is 2.55 bits per heavy atom. The van der Waals surface area contributed by atoms with Crippen LogP contribution < -0.4 is 4.90 Å². The lowest BCUT2D eigenvalue weighted by Crippen LogP contribution is -2.44. The van der Waals surface area contributed by atoms with Gasteiger partial charge in [0.05, 0.1) is 0 Å². The van der Waals surface area contributed by atoms with Crippen molar-refractivity contribution in [3.05, 3.63) is 47.7 Å². The quantitative estimate of drug-likeness (QED) is 0.561. The van der Waals surface area contributed by atoms with Gasteiger partial charge < -0.3 is 19.7 Å². The third-order valence-corrected chi connectivity index (χ3v) is 7.83. The van der Waals surface area contributed by atoms with Gasteiger partial charge in [0.15, 0.2) is 0 Å². The molecule has 0 saturated carbocycles. The minimum Gasteiger partial charge on any atom is -0.354 e. The zero-order valence-corrected chi connectivity index (χ0v) is 20.6.